The zero-order valence-electron chi connectivity index (χ0n) is 15.1. The first-order valence-electron chi connectivity index (χ1n) is 8.79. The number of morpholine rings is 1. The number of urea groups is 1. The molecule has 0 radical (unpaired) electrons. The minimum absolute atomic E-state index is 0.104. The van der Waals surface area contributed by atoms with Crippen LogP contribution in [0, 0.1) is 0 Å². The molecule has 0 saturated carbocycles. The molecule has 7 heteroatoms. The Morgan fingerprint density at radius 2 is 1.96 bits per heavy atom. The summed E-state index contributed by atoms with van der Waals surface area (Å²) in [6.45, 7) is 7.28. The first-order valence-corrected chi connectivity index (χ1v) is 8.79. The van der Waals surface area contributed by atoms with Crippen molar-refractivity contribution in [1.29, 1.82) is 0 Å². The molecule has 1 aliphatic rings. The maximum atomic E-state index is 11.9. The van der Waals surface area contributed by atoms with E-state index in [0.29, 0.717) is 39.5 Å². The number of ether oxygens (including phenoxy) is 3. The lowest BCUT2D eigenvalue weighted by molar-refractivity contribution is 0.0167. The van der Waals surface area contributed by atoms with Crippen LogP contribution in [0.2, 0.25) is 0 Å². The van der Waals surface area contributed by atoms with E-state index >= 15 is 0 Å². The summed E-state index contributed by atoms with van der Waals surface area (Å²) in [5, 5.41) is 5.74. The zero-order chi connectivity index (χ0) is 17.9. The highest BCUT2D eigenvalue weighted by Crippen LogP contribution is 2.23. The molecule has 7 nitrogen and oxygen atoms in total. The van der Waals surface area contributed by atoms with Gasteiger partial charge in [0.05, 0.1) is 32.5 Å². The van der Waals surface area contributed by atoms with Crippen molar-refractivity contribution in [2.45, 2.75) is 13.0 Å². The molecule has 1 unspecified atom stereocenters. The second kappa shape index (κ2) is 10.9. The summed E-state index contributed by atoms with van der Waals surface area (Å²) in [4.78, 5) is 14.3. The van der Waals surface area contributed by atoms with Crippen molar-refractivity contribution in [3.05, 3.63) is 29.8 Å². The molecule has 140 valence electrons. The van der Waals surface area contributed by atoms with Gasteiger partial charge in [0.25, 0.3) is 0 Å². The van der Waals surface area contributed by atoms with Crippen LogP contribution in [0.5, 0.6) is 5.75 Å². The van der Waals surface area contributed by atoms with Gasteiger partial charge in [-0.3, -0.25) is 4.90 Å². The van der Waals surface area contributed by atoms with E-state index in [1.807, 2.05) is 19.1 Å². The van der Waals surface area contributed by atoms with Gasteiger partial charge >= 0.3 is 6.03 Å². The normalized spacial score (nSPS) is 16.2. The number of methoxy groups -OCH3 is 1. The number of nitrogens with zero attached hydrogens (tertiary/aromatic N) is 1. The Bertz CT molecular complexity index is 504. The van der Waals surface area contributed by atoms with Gasteiger partial charge in [-0.1, -0.05) is 12.1 Å². The van der Waals surface area contributed by atoms with E-state index in [0.717, 1.165) is 24.4 Å². The summed E-state index contributed by atoms with van der Waals surface area (Å²) in [6.07, 6.45) is 0. The Balaban J connectivity index is 1.98. The molecule has 2 amide bonds. The molecule has 1 fully saturated rings. The monoisotopic (exact) mass is 351 g/mol. The van der Waals surface area contributed by atoms with Crippen LogP contribution in [0.25, 0.3) is 0 Å². The van der Waals surface area contributed by atoms with Gasteiger partial charge in [-0.05, 0) is 24.6 Å². The number of rotatable bonds is 9. The van der Waals surface area contributed by atoms with Crippen molar-refractivity contribution in [3.63, 3.8) is 0 Å². The number of benzene rings is 1. The van der Waals surface area contributed by atoms with E-state index in [2.05, 4.69) is 27.7 Å². The summed E-state index contributed by atoms with van der Waals surface area (Å²) >= 11 is 0. The van der Waals surface area contributed by atoms with E-state index in [4.69, 9.17) is 14.2 Å². The molecule has 1 aliphatic heterocycles. The van der Waals surface area contributed by atoms with E-state index in [9.17, 15) is 4.79 Å². The predicted octanol–water partition coefficient (Wildman–Crippen LogP) is 1.40. The molecule has 25 heavy (non-hydrogen) atoms. The molecule has 0 aromatic heterocycles. The molecule has 1 heterocycles. The van der Waals surface area contributed by atoms with Gasteiger partial charge < -0.3 is 24.8 Å². The Hall–Kier alpha value is -1.83. The molecule has 1 aromatic carbocycles. The number of nitrogens with one attached hydrogen (secondary N) is 2. The topological polar surface area (TPSA) is 72.1 Å². The fraction of sp³-hybridized carbons (Fsp3) is 0.611. The standard InChI is InChI=1S/C18H29N3O4/c1-3-25-16-6-4-15(5-7-16)17(21-9-12-24-13-10-21)14-20-18(22)19-8-11-23-2/h4-7,17H,3,8-14H2,1-2H3,(H2,19,20,22). The number of hydrogen-bond donors (Lipinski definition) is 2. The molecule has 0 spiro atoms. The van der Waals surface area contributed by atoms with Crippen LogP contribution in [0.15, 0.2) is 24.3 Å². The van der Waals surface area contributed by atoms with E-state index in [1.165, 1.54) is 0 Å². The van der Waals surface area contributed by atoms with Crippen LogP contribution < -0.4 is 15.4 Å². The number of carbonyl (C=O) groups excluding carboxylic acids is 1. The predicted molar refractivity (Wildman–Crippen MR) is 96.0 cm³/mol. The zero-order valence-corrected chi connectivity index (χ0v) is 15.1. The van der Waals surface area contributed by atoms with Gasteiger partial charge in [-0.15, -0.1) is 0 Å². The Labute approximate surface area is 149 Å². The molecule has 2 N–H and O–H groups in total. The Kier molecular flexibility index (Phi) is 8.51. The molecule has 0 aliphatic carbocycles. The summed E-state index contributed by atoms with van der Waals surface area (Å²) < 4.78 is 15.9. The van der Waals surface area contributed by atoms with E-state index < -0.39 is 0 Å². The SMILES string of the molecule is CCOc1ccc(C(CNC(=O)NCCOC)N2CCOCC2)cc1. The third-order valence-electron chi connectivity index (χ3n) is 4.11. The number of amides is 2. The average Bonchev–Trinajstić information content (AvgIpc) is 2.64. The number of hydrogen-bond acceptors (Lipinski definition) is 5. The van der Waals surface area contributed by atoms with Gasteiger partial charge in [0.15, 0.2) is 0 Å². The van der Waals surface area contributed by atoms with Crippen LogP contribution in [0.1, 0.15) is 18.5 Å². The first kappa shape index (κ1) is 19.5. The van der Waals surface area contributed by atoms with Gasteiger partial charge in [0, 0.05) is 33.3 Å². The molecule has 1 aromatic rings. The van der Waals surface area contributed by atoms with Crippen molar-refractivity contribution in [2.24, 2.45) is 0 Å². The molecular formula is C18H29N3O4. The van der Waals surface area contributed by atoms with Crippen molar-refractivity contribution >= 4 is 6.03 Å². The quantitative estimate of drug-likeness (QED) is 0.658. The molecule has 2 rings (SSSR count). The highest BCUT2D eigenvalue weighted by atomic mass is 16.5. The van der Waals surface area contributed by atoms with Crippen LogP contribution in [0.4, 0.5) is 4.79 Å². The van der Waals surface area contributed by atoms with Crippen LogP contribution >= 0.6 is 0 Å². The maximum Gasteiger partial charge on any atom is 0.314 e. The molecule has 1 atom stereocenters. The third kappa shape index (κ3) is 6.53. The fourth-order valence-electron chi connectivity index (χ4n) is 2.82. The van der Waals surface area contributed by atoms with Gasteiger partial charge in [0.1, 0.15) is 5.75 Å². The summed E-state index contributed by atoms with van der Waals surface area (Å²) in [5.41, 5.74) is 1.16. The van der Waals surface area contributed by atoms with Crippen LogP contribution in [-0.4, -0.2) is 70.6 Å². The molecular weight excluding hydrogens is 322 g/mol. The second-order valence-corrected chi connectivity index (χ2v) is 5.80. The molecule has 0 bridgehead atoms. The van der Waals surface area contributed by atoms with Crippen molar-refractivity contribution in [3.8, 4) is 5.75 Å². The van der Waals surface area contributed by atoms with Crippen LogP contribution in [-0.2, 0) is 9.47 Å². The summed E-state index contributed by atoms with van der Waals surface area (Å²) in [6, 6.07) is 8.01. The minimum atomic E-state index is -0.179. The molecule has 1 saturated heterocycles. The Morgan fingerprint density at radius 3 is 2.60 bits per heavy atom. The third-order valence-corrected chi connectivity index (χ3v) is 4.11. The van der Waals surface area contributed by atoms with Crippen molar-refractivity contribution in [2.75, 3.05) is 59.7 Å². The lowest BCUT2D eigenvalue weighted by Crippen LogP contribution is -2.46. The van der Waals surface area contributed by atoms with E-state index in [1.54, 1.807) is 7.11 Å². The average molecular weight is 351 g/mol. The fourth-order valence-corrected chi connectivity index (χ4v) is 2.82. The first-order chi connectivity index (χ1) is 12.2. The van der Waals surface area contributed by atoms with Gasteiger partial charge in [-0.25, -0.2) is 4.79 Å². The van der Waals surface area contributed by atoms with E-state index in [-0.39, 0.29) is 12.1 Å². The largest absolute Gasteiger partial charge is 0.494 e. The maximum absolute atomic E-state index is 11.9. The lowest BCUT2D eigenvalue weighted by atomic mass is 10.0. The highest BCUT2D eigenvalue weighted by molar-refractivity contribution is 5.73. The smallest absolute Gasteiger partial charge is 0.314 e. The van der Waals surface area contributed by atoms with Crippen molar-refractivity contribution in [1.82, 2.24) is 15.5 Å². The summed E-state index contributed by atoms with van der Waals surface area (Å²) in [7, 11) is 1.61. The highest BCUT2D eigenvalue weighted by Gasteiger charge is 2.23. The van der Waals surface area contributed by atoms with Gasteiger partial charge in [0.2, 0.25) is 0 Å². The van der Waals surface area contributed by atoms with Gasteiger partial charge in [-0.2, -0.15) is 0 Å². The lowest BCUT2D eigenvalue weighted by Gasteiger charge is -2.35. The summed E-state index contributed by atoms with van der Waals surface area (Å²) in [5.74, 6) is 0.859. The van der Waals surface area contributed by atoms with Crippen molar-refractivity contribution < 1.29 is 19.0 Å². The Morgan fingerprint density at radius 1 is 1.24 bits per heavy atom. The number of carbonyl (C=O) groups is 1. The minimum Gasteiger partial charge on any atom is -0.494 e. The van der Waals surface area contributed by atoms with Crippen LogP contribution in [0.3, 0.4) is 0 Å². The second-order valence-electron chi connectivity index (χ2n) is 5.80.